The number of hydrogen-bond donors (Lipinski definition) is 3. The van der Waals surface area contributed by atoms with E-state index in [0.29, 0.717) is 12.5 Å². The van der Waals surface area contributed by atoms with Crippen LogP contribution in [0.3, 0.4) is 0 Å². The van der Waals surface area contributed by atoms with Crippen molar-refractivity contribution < 1.29 is 46.1 Å². The highest BCUT2D eigenvalue weighted by atomic mass is 19.4. The Kier molecular flexibility index (Phi) is 10.5. The average molecular weight is 561 g/mol. The van der Waals surface area contributed by atoms with E-state index in [-0.39, 0.29) is 11.6 Å². The number of aromatic nitrogens is 4. The first-order valence-electron chi connectivity index (χ1n) is 10.9. The standard InChI is InChI=1S/C19H19N5O.2C2HF3O2/c25-18-7-4-15-11-16(23-19-21-9-2-10-22-19)5-6-17(15)24(18)13-14-3-1-8-20-12-14;2*3-2(4,5)1(6)7/h1-4,7-10,12,16H,5-6,11,13H2,(H,21,22,23);2*(H,6,7). The molecule has 0 radical (unpaired) electrons. The Labute approximate surface area is 216 Å². The van der Waals surface area contributed by atoms with Crippen LogP contribution in [0, 0.1) is 0 Å². The van der Waals surface area contributed by atoms with Gasteiger partial charge in [0, 0.05) is 42.6 Å². The van der Waals surface area contributed by atoms with Crippen molar-refractivity contribution in [2.75, 3.05) is 5.32 Å². The molecule has 0 amide bonds. The fraction of sp³-hybridized carbons (Fsp3) is 0.304. The summed E-state index contributed by atoms with van der Waals surface area (Å²) in [6.07, 6.45) is -0.478. The molecule has 3 N–H and O–H groups in total. The van der Waals surface area contributed by atoms with Crippen LogP contribution in [-0.2, 0) is 29.0 Å². The second-order valence-electron chi connectivity index (χ2n) is 7.85. The van der Waals surface area contributed by atoms with Crippen LogP contribution in [0.2, 0.25) is 0 Å². The molecular weight excluding hydrogens is 540 g/mol. The molecule has 0 fully saturated rings. The normalized spacial score (nSPS) is 14.5. The molecule has 1 aliphatic rings. The monoisotopic (exact) mass is 561 g/mol. The van der Waals surface area contributed by atoms with Crippen LogP contribution in [0.15, 0.2) is 59.9 Å². The Balaban J connectivity index is 0.000000317. The molecule has 0 spiro atoms. The van der Waals surface area contributed by atoms with Gasteiger partial charge >= 0.3 is 24.3 Å². The number of rotatable bonds is 4. The predicted octanol–water partition coefficient (Wildman–Crippen LogP) is 3.32. The van der Waals surface area contributed by atoms with Gasteiger partial charge in [-0.3, -0.25) is 9.78 Å². The molecule has 0 saturated heterocycles. The number of anilines is 1. The molecule has 0 bridgehead atoms. The van der Waals surface area contributed by atoms with Gasteiger partial charge in [0.15, 0.2) is 0 Å². The fourth-order valence-corrected chi connectivity index (χ4v) is 3.35. The molecule has 210 valence electrons. The maximum Gasteiger partial charge on any atom is 0.490 e. The van der Waals surface area contributed by atoms with Crippen LogP contribution >= 0.6 is 0 Å². The lowest BCUT2D eigenvalue weighted by Crippen LogP contribution is -2.33. The lowest BCUT2D eigenvalue weighted by Gasteiger charge is -2.27. The third-order valence-electron chi connectivity index (χ3n) is 5.03. The molecule has 1 aliphatic carbocycles. The first-order chi connectivity index (χ1) is 18.2. The second-order valence-corrected chi connectivity index (χ2v) is 7.85. The number of aliphatic carboxylic acids is 2. The van der Waals surface area contributed by atoms with Crippen molar-refractivity contribution in [3.8, 4) is 0 Å². The first kappa shape index (κ1) is 30.7. The Morgan fingerprint density at radius 3 is 2.05 bits per heavy atom. The van der Waals surface area contributed by atoms with E-state index in [1.807, 2.05) is 29.0 Å². The van der Waals surface area contributed by atoms with Crippen LogP contribution in [0.1, 0.15) is 23.2 Å². The zero-order valence-electron chi connectivity index (χ0n) is 19.8. The molecular formula is C23H21F6N5O5. The average Bonchev–Trinajstić information content (AvgIpc) is 2.87. The lowest BCUT2D eigenvalue weighted by atomic mass is 9.91. The molecule has 1 unspecified atom stereocenters. The van der Waals surface area contributed by atoms with Crippen LogP contribution in [-0.4, -0.2) is 60.1 Å². The van der Waals surface area contributed by atoms with Crippen molar-refractivity contribution in [1.82, 2.24) is 19.5 Å². The van der Waals surface area contributed by atoms with E-state index in [1.54, 1.807) is 30.7 Å². The van der Waals surface area contributed by atoms with E-state index in [0.717, 1.165) is 30.5 Å². The first-order valence-corrected chi connectivity index (χ1v) is 10.9. The van der Waals surface area contributed by atoms with Gasteiger partial charge in [-0.1, -0.05) is 12.1 Å². The van der Waals surface area contributed by atoms with Gasteiger partial charge in [-0.25, -0.2) is 19.6 Å². The van der Waals surface area contributed by atoms with Crippen LogP contribution in [0.4, 0.5) is 32.3 Å². The molecule has 0 aliphatic heterocycles. The van der Waals surface area contributed by atoms with Crippen molar-refractivity contribution in [3.05, 3.63) is 82.3 Å². The minimum absolute atomic E-state index is 0.0420. The topological polar surface area (TPSA) is 147 Å². The number of halogens is 6. The highest BCUT2D eigenvalue weighted by Crippen LogP contribution is 2.22. The van der Waals surface area contributed by atoms with Gasteiger partial charge in [-0.15, -0.1) is 0 Å². The van der Waals surface area contributed by atoms with Crippen LogP contribution < -0.4 is 10.9 Å². The second kappa shape index (κ2) is 13.3. The molecule has 0 aromatic carbocycles. The smallest absolute Gasteiger partial charge is 0.475 e. The largest absolute Gasteiger partial charge is 0.490 e. The summed E-state index contributed by atoms with van der Waals surface area (Å²) in [6.45, 7) is 0.565. The molecule has 39 heavy (non-hydrogen) atoms. The molecule has 3 heterocycles. The Morgan fingerprint density at radius 2 is 1.54 bits per heavy atom. The van der Waals surface area contributed by atoms with E-state index in [2.05, 4.69) is 20.3 Å². The molecule has 3 aromatic heterocycles. The third kappa shape index (κ3) is 10.1. The van der Waals surface area contributed by atoms with Crippen molar-refractivity contribution in [1.29, 1.82) is 0 Å². The maximum absolute atomic E-state index is 12.4. The summed E-state index contributed by atoms with van der Waals surface area (Å²) in [6, 6.07) is 9.60. The number of fused-ring (bicyclic) bond motifs is 1. The quantitative estimate of drug-likeness (QED) is 0.408. The summed E-state index contributed by atoms with van der Waals surface area (Å²) in [5.41, 5.74) is 3.42. The van der Waals surface area contributed by atoms with Gasteiger partial charge in [-0.05, 0) is 42.5 Å². The number of alkyl halides is 6. The minimum Gasteiger partial charge on any atom is -0.475 e. The third-order valence-corrected chi connectivity index (χ3v) is 5.03. The van der Waals surface area contributed by atoms with E-state index >= 15 is 0 Å². The van der Waals surface area contributed by atoms with Crippen molar-refractivity contribution in [3.63, 3.8) is 0 Å². The van der Waals surface area contributed by atoms with Gasteiger partial charge in [0.25, 0.3) is 5.56 Å². The Hall–Kier alpha value is -4.50. The van der Waals surface area contributed by atoms with E-state index < -0.39 is 24.3 Å². The van der Waals surface area contributed by atoms with Gasteiger partial charge in [0.2, 0.25) is 5.95 Å². The summed E-state index contributed by atoms with van der Waals surface area (Å²) >= 11 is 0. The van der Waals surface area contributed by atoms with Crippen molar-refractivity contribution in [2.45, 2.75) is 44.2 Å². The Bertz CT molecular complexity index is 1280. The molecule has 10 nitrogen and oxygen atoms in total. The summed E-state index contributed by atoms with van der Waals surface area (Å²) in [5, 5.41) is 17.6. The Morgan fingerprint density at radius 1 is 0.949 bits per heavy atom. The number of carbonyl (C=O) groups is 2. The maximum atomic E-state index is 12.4. The van der Waals surface area contributed by atoms with E-state index in [9.17, 15) is 31.1 Å². The highest BCUT2D eigenvalue weighted by molar-refractivity contribution is 5.73. The van der Waals surface area contributed by atoms with Crippen LogP contribution in [0.25, 0.3) is 0 Å². The predicted molar refractivity (Wildman–Crippen MR) is 123 cm³/mol. The zero-order valence-corrected chi connectivity index (χ0v) is 19.8. The van der Waals surface area contributed by atoms with E-state index in [4.69, 9.17) is 19.8 Å². The summed E-state index contributed by atoms with van der Waals surface area (Å²) < 4.78 is 65.3. The number of nitrogens with one attached hydrogen (secondary N) is 1. The highest BCUT2D eigenvalue weighted by Gasteiger charge is 2.38. The summed E-state index contributed by atoms with van der Waals surface area (Å²) in [7, 11) is 0. The van der Waals surface area contributed by atoms with Crippen LogP contribution in [0.5, 0.6) is 0 Å². The van der Waals surface area contributed by atoms with Gasteiger partial charge in [0.1, 0.15) is 0 Å². The fourth-order valence-electron chi connectivity index (χ4n) is 3.35. The lowest BCUT2D eigenvalue weighted by molar-refractivity contribution is -0.193. The zero-order chi connectivity index (χ0) is 29.2. The van der Waals surface area contributed by atoms with Crippen molar-refractivity contribution >= 4 is 17.9 Å². The molecule has 3 aromatic rings. The molecule has 4 rings (SSSR count). The van der Waals surface area contributed by atoms with Gasteiger partial charge < -0.3 is 20.1 Å². The van der Waals surface area contributed by atoms with Gasteiger partial charge in [-0.2, -0.15) is 26.3 Å². The molecule has 16 heteroatoms. The molecule has 0 saturated carbocycles. The number of pyridine rings is 2. The summed E-state index contributed by atoms with van der Waals surface area (Å²) in [4.78, 5) is 42.8. The van der Waals surface area contributed by atoms with Gasteiger partial charge in [0.05, 0.1) is 6.54 Å². The SMILES string of the molecule is O=C(O)C(F)(F)F.O=C(O)C(F)(F)F.O=c1ccc2c(n1Cc1cccnc1)CCC(Nc1ncccn1)C2. The summed E-state index contributed by atoms with van der Waals surface area (Å²) in [5.74, 6) is -4.86. The number of hydrogen-bond acceptors (Lipinski definition) is 7. The number of nitrogens with zero attached hydrogens (tertiary/aromatic N) is 4. The number of carboxylic acids is 2. The van der Waals surface area contributed by atoms with E-state index in [1.165, 1.54) is 5.56 Å². The minimum atomic E-state index is -5.08. The van der Waals surface area contributed by atoms with Crippen molar-refractivity contribution in [2.24, 2.45) is 0 Å². The number of carboxylic acid groups (broad SMARTS) is 2. The molecule has 1 atom stereocenters.